The molecule has 0 aromatic rings. The molecule has 1 heterocycles. The van der Waals surface area contributed by atoms with E-state index in [-0.39, 0.29) is 47.6 Å². The maximum atomic E-state index is 12.3. The summed E-state index contributed by atoms with van der Waals surface area (Å²) in [5, 5.41) is 21.1. The zero-order valence-corrected chi connectivity index (χ0v) is 20.4. The third-order valence-electron chi connectivity index (χ3n) is 10.8. The molecule has 2 N–H and O–H groups in total. The van der Waals surface area contributed by atoms with Gasteiger partial charge in [0, 0.05) is 11.0 Å². The highest BCUT2D eigenvalue weighted by Crippen LogP contribution is 2.70. The van der Waals surface area contributed by atoms with E-state index in [2.05, 4.69) is 13.8 Å². The number of aliphatic carboxylic acids is 1. The SMILES string of the molecule is C[C@]12CC[C@H](OC(=O)CCC(=O)O)C[C@H]1CC[C@@H]1[C@@H]2CC[C@]2(C)[C@@H](C3=CCOC3=O)CC[C@]12O. The molecule has 34 heavy (non-hydrogen) atoms. The van der Waals surface area contributed by atoms with Gasteiger partial charge >= 0.3 is 17.9 Å². The lowest BCUT2D eigenvalue weighted by atomic mass is 9.43. The second-order valence-electron chi connectivity index (χ2n) is 12.0. The highest BCUT2D eigenvalue weighted by molar-refractivity contribution is 5.91. The van der Waals surface area contributed by atoms with E-state index in [0.29, 0.717) is 18.4 Å². The van der Waals surface area contributed by atoms with Crippen LogP contribution in [0.15, 0.2) is 11.6 Å². The summed E-state index contributed by atoms with van der Waals surface area (Å²) in [5.74, 6) is -0.434. The Balaban J connectivity index is 1.30. The minimum atomic E-state index is -0.982. The summed E-state index contributed by atoms with van der Waals surface area (Å²) in [7, 11) is 0. The van der Waals surface area contributed by atoms with Crippen LogP contribution >= 0.6 is 0 Å². The summed E-state index contributed by atoms with van der Waals surface area (Å²) < 4.78 is 10.9. The fraction of sp³-hybridized carbons (Fsp3) is 0.815. The van der Waals surface area contributed by atoms with Crippen LogP contribution in [0.4, 0.5) is 0 Å². The van der Waals surface area contributed by atoms with Crippen molar-refractivity contribution in [1.29, 1.82) is 0 Å². The maximum Gasteiger partial charge on any atom is 0.334 e. The fourth-order valence-corrected chi connectivity index (χ4v) is 8.90. The third kappa shape index (κ3) is 3.52. The number of ether oxygens (including phenoxy) is 2. The van der Waals surface area contributed by atoms with Crippen molar-refractivity contribution in [2.24, 2.45) is 34.5 Å². The predicted octanol–water partition coefficient (Wildman–Crippen LogP) is 4.02. The van der Waals surface area contributed by atoms with Crippen molar-refractivity contribution in [2.45, 2.75) is 96.2 Å². The highest BCUT2D eigenvalue weighted by Gasteiger charge is 2.68. The molecular weight excluding hydrogens is 436 g/mol. The monoisotopic (exact) mass is 474 g/mol. The molecule has 0 saturated heterocycles. The van der Waals surface area contributed by atoms with Crippen LogP contribution in [0.1, 0.15) is 84.5 Å². The molecule has 0 aromatic carbocycles. The van der Waals surface area contributed by atoms with Gasteiger partial charge in [-0.15, -0.1) is 0 Å². The molecule has 0 amide bonds. The summed E-state index contributed by atoms with van der Waals surface area (Å²) in [6, 6.07) is 0. The smallest absolute Gasteiger partial charge is 0.334 e. The number of carboxylic acid groups (broad SMARTS) is 1. The van der Waals surface area contributed by atoms with Crippen molar-refractivity contribution in [3.8, 4) is 0 Å². The molecule has 7 nitrogen and oxygen atoms in total. The lowest BCUT2D eigenvalue weighted by molar-refractivity contribution is -0.210. The van der Waals surface area contributed by atoms with Gasteiger partial charge in [-0.1, -0.05) is 13.8 Å². The zero-order valence-electron chi connectivity index (χ0n) is 20.4. The van der Waals surface area contributed by atoms with E-state index in [9.17, 15) is 19.5 Å². The number of cyclic esters (lactones) is 1. The Bertz CT molecular complexity index is 911. The van der Waals surface area contributed by atoms with Crippen molar-refractivity contribution in [3.63, 3.8) is 0 Å². The van der Waals surface area contributed by atoms with Gasteiger partial charge in [0.2, 0.25) is 0 Å². The molecule has 0 aromatic heterocycles. The Morgan fingerprint density at radius 3 is 2.56 bits per heavy atom. The topological polar surface area (TPSA) is 110 Å². The molecule has 0 spiro atoms. The second kappa shape index (κ2) is 8.35. The van der Waals surface area contributed by atoms with E-state index < -0.39 is 17.5 Å². The Labute approximate surface area is 201 Å². The first-order valence-corrected chi connectivity index (χ1v) is 13.1. The van der Waals surface area contributed by atoms with Crippen LogP contribution in [0.25, 0.3) is 0 Å². The molecule has 7 heteroatoms. The molecule has 5 aliphatic rings. The lowest BCUT2D eigenvalue weighted by Crippen LogP contribution is -2.62. The van der Waals surface area contributed by atoms with Gasteiger partial charge in [0.25, 0.3) is 0 Å². The lowest BCUT2D eigenvalue weighted by Gasteiger charge is -2.63. The van der Waals surface area contributed by atoms with E-state index in [1.54, 1.807) is 0 Å². The average molecular weight is 475 g/mol. The van der Waals surface area contributed by atoms with Crippen LogP contribution in [0, 0.1) is 34.5 Å². The zero-order chi connectivity index (χ0) is 24.3. The van der Waals surface area contributed by atoms with Crippen LogP contribution in [0.3, 0.4) is 0 Å². The normalized spacial score (nSPS) is 45.4. The number of hydrogen-bond donors (Lipinski definition) is 2. The second-order valence-corrected chi connectivity index (χ2v) is 12.0. The van der Waals surface area contributed by atoms with Crippen molar-refractivity contribution in [2.75, 3.05) is 6.61 Å². The van der Waals surface area contributed by atoms with Gasteiger partial charge in [-0.2, -0.15) is 0 Å². The molecular formula is C27H38O7. The van der Waals surface area contributed by atoms with Gasteiger partial charge in [-0.05, 0) is 93.0 Å². The molecule has 4 fully saturated rings. The Kier molecular flexibility index (Phi) is 5.85. The van der Waals surface area contributed by atoms with E-state index in [1.165, 1.54) is 0 Å². The van der Waals surface area contributed by atoms with Gasteiger partial charge in [0.1, 0.15) is 12.7 Å². The molecule has 0 bridgehead atoms. The standard InChI is InChI=1S/C27H38O7/c1-25-11-7-17(34-23(30)6-5-22(28)29)15-16(25)3-4-21-20(25)8-12-26(2)19(9-13-27(21,26)32)18-10-14-33-24(18)31/h10,16-17,19-21,32H,3-9,11-15H2,1-2H3,(H,28,29)/t16-,17+,19-,20+,21-,25+,26-,27+/m1/s1. The summed E-state index contributed by atoms with van der Waals surface area (Å²) in [6.45, 7) is 4.94. The molecule has 4 aliphatic carbocycles. The Morgan fingerprint density at radius 2 is 1.85 bits per heavy atom. The molecule has 5 rings (SSSR count). The van der Waals surface area contributed by atoms with Crippen LogP contribution in [-0.4, -0.2) is 46.4 Å². The number of carboxylic acids is 1. The summed E-state index contributed by atoms with van der Waals surface area (Å²) >= 11 is 0. The first-order chi connectivity index (χ1) is 16.1. The van der Waals surface area contributed by atoms with Crippen LogP contribution in [-0.2, 0) is 23.9 Å². The van der Waals surface area contributed by atoms with Crippen LogP contribution in [0.5, 0.6) is 0 Å². The molecule has 8 atom stereocenters. The van der Waals surface area contributed by atoms with E-state index in [0.717, 1.165) is 63.4 Å². The first kappa shape index (κ1) is 23.8. The number of rotatable bonds is 5. The fourth-order valence-electron chi connectivity index (χ4n) is 8.90. The molecule has 0 radical (unpaired) electrons. The van der Waals surface area contributed by atoms with Gasteiger partial charge in [0.05, 0.1) is 18.4 Å². The van der Waals surface area contributed by atoms with Gasteiger partial charge < -0.3 is 19.7 Å². The Hall–Kier alpha value is -1.89. The van der Waals surface area contributed by atoms with Crippen molar-refractivity contribution in [3.05, 3.63) is 11.6 Å². The number of carbonyl (C=O) groups is 3. The first-order valence-electron chi connectivity index (χ1n) is 13.1. The number of esters is 2. The molecule has 188 valence electrons. The van der Waals surface area contributed by atoms with E-state index >= 15 is 0 Å². The minimum absolute atomic E-state index is 0.0694. The van der Waals surface area contributed by atoms with Crippen molar-refractivity contribution < 1.29 is 34.1 Å². The number of hydrogen-bond acceptors (Lipinski definition) is 6. The quantitative estimate of drug-likeness (QED) is 0.579. The number of carbonyl (C=O) groups excluding carboxylic acids is 2. The van der Waals surface area contributed by atoms with Gasteiger partial charge in [-0.25, -0.2) is 4.79 Å². The summed E-state index contributed by atoms with van der Waals surface area (Å²) in [6.07, 6.45) is 9.63. The maximum absolute atomic E-state index is 12.3. The average Bonchev–Trinajstić information content (AvgIpc) is 3.32. The van der Waals surface area contributed by atoms with E-state index in [4.69, 9.17) is 14.6 Å². The van der Waals surface area contributed by atoms with Crippen molar-refractivity contribution >= 4 is 17.9 Å². The molecule has 1 aliphatic heterocycles. The minimum Gasteiger partial charge on any atom is -0.481 e. The van der Waals surface area contributed by atoms with Crippen LogP contribution < -0.4 is 0 Å². The summed E-state index contributed by atoms with van der Waals surface area (Å²) in [5.41, 5.74) is -0.183. The number of fused-ring (bicyclic) bond motifs is 5. The van der Waals surface area contributed by atoms with Gasteiger partial charge in [-0.3, -0.25) is 9.59 Å². The number of aliphatic hydroxyl groups is 1. The predicted molar refractivity (Wildman–Crippen MR) is 122 cm³/mol. The third-order valence-corrected chi connectivity index (χ3v) is 10.8. The molecule has 4 saturated carbocycles. The summed E-state index contributed by atoms with van der Waals surface area (Å²) in [4.78, 5) is 35.2. The van der Waals surface area contributed by atoms with E-state index in [1.807, 2.05) is 6.08 Å². The Morgan fingerprint density at radius 1 is 1.06 bits per heavy atom. The van der Waals surface area contributed by atoms with Crippen molar-refractivity contribution in [1.82, 2.24) is 0 Å². The van der Waals surface area contributed by atoms with Gasteiger partial charge in [0.15, 0.2) is 0 Å². The highest BCUT2D eigenvalue weighted by atomic mass is 16.5. The largest absolute Gasteiger partial charge is 0.481 e. The van der Waals surface area contributed by atoms with Crippen LogP contribution in [0.2, 0.25) is 0 Å². The molecule has 0 unspecified atom stereocenters.